The van der Waals surface area contributed by atoms with Gasteiger partial charge in [-0.3, -0.25) is 20.2 Å². The zero-order valence-electron chi connectivity index (χ0n) is 10.6. The zero-order valence-corrected chi connectivity index (χ0v) is 10.6. The van der Waals surface area contributed by atoms with Gasteiger partial charge in [0.15, 0.2) is 0 Å². The minimum Gasteiger partial charge on any atom is -0.485 e. The number of nitriles is 2. The summed E-state index contributed by atoms with van der Waals surface area (Å²) in [4.78, 5) is 20.2. The Morgan fingerprint density at radius 2 is 1.71 bits per heavy atom. The second kappa shape index (κ2) is 6.49. The molecule has 0 fully saturated rings. The molecule has 0 saturated heterocycles. The largest absolute Gasteiger partial charge is 0.485 e. The third kappa shape index (κ3) is 3.42. The summed E-state index contributed by atoms with van der Waals surface area (Å²) in [5, 5.41) is 41.4. The van der Waals surface area contributed by atoms with Crippen LogP contribution < -0.4 is 10.1 Å². The maximum Gasteiger partial charge on any atom is 0.320 e. The normalized spacial score (nSPS) is 8.90. The number of nitrogens with zero attached hydrogens (tertiary/aromatic N) is 4. The predicted octanol–water partition coefficient (Wildman–Crippen LogP) is 1.85. The quantitative estimate of drug-likeness (QED) is 0.489. The van der Waals surface area contributed by atoms with Crippen molar-refractivity contribution in [2.45, 2.75) is 0 Å². The molecule has 21 heavy (non-hydrogen) atoms. The van der Waals surface area contributed by atoms with E-state index in [1.807, 2.05) is 0 Å². The average Bonchev–Trinajstić information content (AvgIpc) is 2.47. The number of benzene rings is 1. The van der Waals surface area contributed by atoms with E-state index in [-0.39, 0.29) is 11.3 Å². The highest BCUT2D eigenvalue weighted by Gasteiger charge is 2.27. The third-order valence-electron chi connectivity index (χ3n) is 2.27. The van der Waals surface area contributed by atoms with E-state index in [2.05, 4.69) is 5.32 Å². The van der Waals surface area contributed by atoms with Crippen molar-refractivity contribution >= 4 is 17.1 Å². The first-order chi connectivity index (χ1) is 9.94. The molecular weight excluding hydrogens is 282 g/mol. The minimum atomic E-state index is -0.837. The molecule has 0 heterocycles. The van der Waals surface area contributed by atoms with Gasteiger partial charge >= 0.3 is 11.4 Å². The van der Waals surface area contributed by atoms with Crippen LogP contribution in [0.25, 0.3) is 0 Å². The Morgan fingerprint density at radius 1 is 1.24 bits per heavy atom. The number of nitrogens with one attached hydrogen (secondary N) is 1. The van der Waals surface area contributed by atoms with Crippen LogP contribution in [-0.4, -0.2) is 17.0 Å². The lowest BCUT2D eigenvalue weighted by Crippen LogP contribution is -2.01. The molecule has 1 aromatic carbocycles. The number of rotatable bonds is 5. The summed E-state index contributed by atoms with van der Waals surface area (Å²) in [6, 6.07) is 5.12. The van der Waals surface area contributed by atoms with E-state index in [0.717, 1.165) is 25.4 Å². The number of anilines is 1. The van der Waals surface area contributed by atoms with Crippen LogP contribution in [0.4, 0.5) is 17.1 Å². The van der Waals surface area contributed by atoms with Gasteiger partial charge in [0, 0.05) is 18.3 Å². The predicted molar refractivity (Wildman–Crippen MR) is 69.2 cm³/mol. The van der Waals surface area contributed by atoms with Gasteiger partial charge in [0.05, 0.1) is 22.6 Å². The fourth-order valence-corrected chi connectivity index (χ4v) is 1.41. The summed E-state index contributed by atoms with van der Waals surface area (Å²) < 4.78 is 4.69. The smallest absolute Gasteiger partial charge is 0.320 e. The summed E-state index contributed by atoms with van der Waals surface area (Å²) in [6.45, 7) is 0. The highest BCUT2D eigenvalue weighted by Crippen LogP contribution is 2.39. The van der Waals surface area contributed by atoms with Crippen molar-refractivity contribution in [1.29, 1.82) is 10.5 Å². The molecule has 0 bridgehead atoms. The lowest BCUT2D eigenvalue weighted by atomic mass is 10.2. The molecule has 0 saturated carbocycles. The molecule has 10 heteroatoms. The number of hydrogen-bond acceptors (Lipinski definition) is 8. The lowest BCUT2D eigenvalue weighted by molar-refractivity contribution is -0.395. The molecule has 1 N–H and O–H groups in total. The molecule has 1 rings (SSSR count). The van der Waals surface area contributed by atoms with E-state index in [9.17, 15) is 20.2 Å². The fraction of sp³-hybridized carbons (Fsp3) is 0.0909. The SMILES string of the molecule is COc1c([N+](=O)[O-])cc(NC=C(C#N)C#N)cc1[N+](=O)[O-]. The van der Waals surface area contributed by atoms with Gasteiger partial charge < -0.3 is 10.1 Å². The maximum absolute atomic E-state index is 10.9. The molecule has 10 nitrogen and oxygen atoms in total. The molecule has 0 aliphatic rings. The Hall–Kier alpha value is -3.66. The molecule has 0 unspecified atom stereocenters. The van der Waals surface area contributed by atoms with Crippen molar-refractivity contribution in [1.82, 2.24) is 0 Å². The van der Waals surface area contributed by atoms with Crippen molar-refractivity contribution < 1.29 is 14.6 Å². The lowest BCUT2D eigenvalue weighted by Gasteiger charge is -2.06. The number of allylic oxidation sites excluding steroid dienone is 1. The van der Waals surface area contributed by atoms with E-state index in [1.54, 1.807) is 12.1 Å². The number of hydrogen-bond donors (Lipinski definition) is 1. The van der Waals surface area contributed by atoms with Gasteiger partial charge in [0.25, 0.3) is 5.75 Å². The zero-order chi connectivity index (χ0) is 16.0. The first-order valence-corrected chi connectivity index (χ1v) is 5.22. The topological polar surface area (TPSA) is 155 Å². The number of nitro benzene ring substituents is 2. The van der Waals surface area contributed by atoms with E-state index < -0.39 is 27.0 Å². The molecule has 0 amide bonds. The van der Waals surface area contributed by atoms with Crippen LogP contribution in [0, 0.1) is 42.9 Å². The monoisotopic (exact) mass is 289 g/mol. The van der Waals surface area contributed by atoms with Gasteiger partial charge in [-0.2, -0.15) is 10.5 Å². The van der Waals surface area contributed by atoms with Crippen molar-refractivity contribution in [2.24, 2.45) is 0 Å². The van der Waals surface area contributed by atoms with Crippen LogP contribution in [0.5, 0.6) is 5.75 Å². The fourth-order valence-electron chi connectivity index (χ4n) is 1.41. The molecule has 0 aromatic heterocycles. The van der Waals surface area contributed by atoms with E-state index >= 15 is 0 Å². The Bertz CT molecular complexity index is 662. The van der Waals surface area contributed by atoms with E-state index in [0.29, 0.717) is 0 Å². The van der Waals surface area contributed by atoms with Crippen LogP contribution >= 0.6 is 0 Å². The second-order valence-electron chi connectivity index (χ2n) is 3.49. The van der Waals surface area contributed by atoms with Crippen LogP contribution in [-0.2, 0) is 0 Å². The first kappa shape index (κ1) is 15.4. The van der Waals surface area contributed by atoms with Crippen LogP contribution in [0.2, 0.25) is 0 Å². The molecule has 106 valence electrons. The molecule has 0 atom stereocenters. The van der Waals surface area contributed by atoms with Crippen LogP contribution in [0.15, 0.2) is 23.9 Å². The van der Waals surface area contributed by atoms with Crippen LogP contribution in [0.1, 0.15) is 0 Å². The van der Waals surface area contributed by atoms with Gasteiger partial charge in [0.1, 0.15) is 17.7 Å². The van der Waals surface area contributed by atoms with Crippen molar-refractivity contribution in [3.63, 3.8) is 0 Å². The highest BCUT2D eigenvalue weighted by atomic mass is 16.6. The Labute approximate surface area is 117 Å². The van der Waals surface area contributed by atoms with Gasteiger partial charge in [-0.15, -0.1) is 0 Å². The summed E-state index contributed by atoms with van der Waals surface area (Å²) in [5.41, 5.74) is -1.55. The van der Waals surface area contributed by atoms with E-state index in [1.165, 1.54) is 0 Å². The summed E-state index contributed by atoms with van der Waals surface area (Å²) in [5.74, 6) is -0.486. The van der Waals surface area contributed by atoms with Crippen molar-refractivity contribution in [2.75, 3.05) is 12.4 Å². The van der Waals surface area contributed by atoms with Gasteiger partial charge in [-0.05, 0) is 0 Å². The Morgan fingerprint density at radius 3 is 2.05 bits per heavy atom. The standard InChI is InChI=1S/C11H7N5O5/c1-21-11-9(15(17)18)2-8(3-10(11)16(19)20)14-6-7(4-12)5-13/h2-3,6,14H,1H3. The number of methoxy groups -OCH3 is 1. The molecule has 0 spiro atoms. The van der Waals surface area contributed by atoms with Crippen LogP contribution in [0.3, 0.4) is 0 Å². The Balaban J connectivity index is 3.40. The van der Waals surface area contributed by atoms with Gasteiger partial charge in [-0.25, -0.2) is 0 Å². The van der Waals surface area contributed by atoms with E-state index in [4.69, 9.17) is 15.3 Å². The van der Waals surface area contributed by atoms with Gasteiger partial charge in [0.2, 0.25) is 0 Å². The summed E-state index contributed by atoms with van der Waals surface area (Å²) in [6.07, 6.45) is 0.981. The summed E-state index contributed by atoms with van der Waals surface area (Å²) in [7, 11) is 1.08. The Kier molecular flexibility index (Phi) is 4.76. The number of nitro groups is 2. The summed E-state index contributed by atoms with van der Waals surface area (Å²) >= 11 is 0. The average molecular weight is 289 g/mol. The minimum absolute atomic E-state index is 0.0304. The second-order valence-corrected chi connectivity index (χ2v) is 3.49. The molecule has 1 aromatic rings. The third-order valence-corrected chi connectivity index (χ3v) is 2.27. The van der Waals surface area contributed by atoms with Gasteiger partial charge in [-0.1, -0.05) is 0 Å². The molecule has 0 aliphatic carbocycles. The molecular formula is C11H7N5O5. The highest BCUT2D eigenvalue weighted by molar-refractivity contribution is 5.69. The molecule has 0 radical (unpaired) electrons. The van der Waals surface area contributed by atoms with Crippen molar-refractivity contribution in [3.05, 3.63) is 44.1 Å². The first-order valence-electron chi connectivity index (χ1n) is 5.22. The molecule has 0 aliphatic heterocycles. The number of ether oxygens (including phenoxy) is 1. The maximum atomic E-state index is 10.9. The van der Waals surface area contributed by atoms with Crippen molar-refractivity contribution in [3.8, 4) is 17.9 Å².